The zero-order valence-electron chi connectivity index (χ0n) is 14.3. The molecule has 6 heteroatoms. The molecule has 0 bridgehead atoms. The van der Waals surface area contributed by atoms with Crippen molar-refractivity contribution in [1.82, 2.24) is 10.6 Å². The van der Waals surface area contributed by atoms with Crippen molar-refractivity contribution in [3.8, 4) is 11.5 Å². The number of hydrogen-bond acceptors (Lipinski definition) is 4. The van der Waals surface area contributed by atoms with Gasteiger partial charge in [-0.15, -0.1) is 12.4 Å². The van der Waals surface area contributed by atoms with Gasteiger partial charge in [-0.3, -0.25) is 4.79 Å². The fourth-order valence-corrected chi connectivity index (χ4v) is 3.49. The van der Waals surface area contributed by atoms with Gasteiger partial charge in [0.15, 0.2) is 0 Å². The van der Waals surface area contributed by atoms with E-state index in [0.717, 1.165) is 43.9 Å². The zero-order chi connectivity index (χ0) is 16.3. The minimum atomic E-state index is -0.0601. The van der Waals surface area contributed by atoms with Gasteiger partial charge in [-0.05, 0) is 69.0 Å². The molecule has 2 N–H and O–H groups in total. The molecule has 2 unspecified atom stereocenters. The number of benzene rings is 1. The summed E-state index contributed by atoms with van der Waals surface area (Å²) in [6, 6.07) is 7.49. The monoisotopic (exact) mass is 354 g/mol. The van der Waals surface area contributed by atoms with Gasteiger partial charge in [0, 0.05) is 5.92 Å². The third kappa shape index (κ3) is 4.33. The van der Waals surface area contributed by atoms with Crippen molar-refractivity contribution in [2.75, 3.05) is 26.7 Å². The quantitative estimate of drug-likeness (QED) is 0.823. The molecule has 1 heterocycles. The summed E-state index contributed by atoms with van der Waals surface area (Å²) >= 11 is 0. The Morgan fingerprint density at radius 2 is 1.92 bits per heavy atom. The van der Waals surface area contributed by atoms with Gasteiger partial charge < -0.3 is 20.1 Å². The van der Waals surface area contributed by atoms with Crippen LogP contribution in [0.2, 0.25) is 0 Å². The Bertz CT molecular complexity index is 544. The third-order valence-corrected chi connectivity index (χ3v) is 5.07. The molecule has 2 atom stereocenters. The Morgan fingerprint density at radius 1 is 1.29 bits per heavy atom. The van der Waals surface area contributed by atoms with Crippen molar-refractivity contribution in [3.63, 3.8) is 0 Å². The van der Waals surface area contributed by atoms with Gasteiger partial charge >= 0.3 is 0 Å². The third-order valence-electron chi connectivity index (χ3n) is 5.07. The second-order valence-electron chi connectivity index (χ2n) is 6.72. The van der Waals surface area contributed by atoms with Crippen LogP contribution in [0.4, 0.5) is 0 Å². The molecule has 1 aliphatic heterocycles. The standard InChI is InChI=1S/C18H26N2O3.ClH/c1-13(23-15-5-3-14(22-2)4-6-15)12-20-17(21)16-11-18(16)7-9-19-10-8-18;/h3-6,13,16,19H,7-12H2,1-2H3,(H,20,21);1H. The molecule has 5 nitrogen and oxygen atoms in total. The van der Waals surface area contributed by atoms with E-state index >= 15 is 0 Å². The topological polar surface area (TPSA) is 59.6 Å². The average molecular weight is 355 g/mol. The normalized spacial score (nSPS) is 22.2. The summed E-state index contributed by atoms with van der Waals surface area (Å²) in [5.41, 5.74) is 0.287. The molecule has 134 valence electrons. The number of ether oxygens (including phenoxy) is 2. The van der Waals surface area contributed by atoms with Crippen LogP contribution in [0.5, 0.6) is 11.5 Å². The highest BCUT2D eigenvalue weighted by Crippen LogP contribution is 2.58. The van der Waals surface area contributed by atoms with Gasteiger partial charge in [0.05, 0.1) is 13.7 Å². The van der Waals surface area contributed by atoms with Crippen LogP contribution in [0.1, 0.15) is 26.2 Å². The fraction of sp³-hybridized carbons (Fsp3) is 0.611. The molecule has 24 heavy (non-hydrogen) atoms. The number of carbonyl (C=O) groups excluding carboxylic acids is 1. The Hall–Kier alpha value is -1.46. The predicted molar refractivity (Wildman–Crippen MR) is 96.0 cm³/mol. The lowest BCUT2D eigenvalue weighted by atomic mass is 9.92. The van der Waals surface area contributed by atoms with E-state index in [9.17, 15) is 4.79 Å². The predicted octanol–water partition coefficient (Wildman–Crippen LogP) is 2.39. The molecule has 1 saturated heterocycles. The smallest absolute Gasteiger partial charge is 0.223 e. The molecule has 1 aromatic carbocycles. The molecule has 1 saturated carbocycles. The van der Waals surface area contributed by atoms with Gasteiger partial charge in [-0.2, -0.15) is 0 Å². The van der Waals surface area contributed by atoms with Crippen LogP contribution in [0.3, 0.4) is 0 Å². The maximum absolute atomic E-state index is 12.3. The molecule has 3 rings (SSSR count). The summed E-state index contributed by atoms with van der Waals surface area (Å²) in [6.07, 6.45) is 3.25. The molecule has 1 amide bonds. The molecule has 0 radical (unpaired) electrons. The summed E-state index contributed by atoms with van der Waals surface area (Å²) in [4.78, 5) is 12.3. The van der Waals surface area contributed by atoms with Crippen LogP contribution in [0.15, 0.2) is 24.3 Å². The lowest BCUT2D eigenvalue weighted by molar-refractivity contribution is -0.123. The summed E-state index contributed by atoms with van der Waals surface area (Å²) < 4.78 is 10.9. The maximum Gasteiger partial charge on any atom is 0.223 e. The molecular weight excluding hydrogens is 328 g/mol. The summed E-state index contributed by atoms with van der Waals surface area (Å²) in [7, 11) is 1.64. The van der Waals surface area contributed by atoms with Crippen LogP contribution in [-0.4, -0.2) is 38.8 Å². The van der Waals surface area contributed by atoms with Gasteiger partial charge in [0.1, 0.15) is 17.6 Å². The molecule has 2 fully saturated rings. The number of halogens is 1. The van der Waals surface area contributed by atoms with Crippen LogP contribution in [0.25, 0.3) is 0 Å². The number of piperidine rings is 1. The van der Waals surface area contributed by atoms with E-state index in [1.54, 1.807) is 7.11 Å². The number of methoxy groups -OCH3 is 1. The van der Waals surface area contributed by atoms with Crippen molar-refractivity contribution < 1.29 is 14.3 Å². The zero-order valence-corrected chi connectivity index (χ0v) is 15.2. The molecular formula is C18H27ClN2O3. The number of hydrogen-bond donors (Lipinski definition) is 2. The summed E-state index contributed by atoms with van der Waals surface area (Å²) in [6.45, 7) is 4.59. The Balaban J connectivity index is 0.00000208. The minimum Gasteiger partial charge on any atom is -0.497 e. The average Bonchev–Trinajstić information content (AvgIpc) is 3.27. The van der Waals surface area contributed by atoms with E-state index in [1.807, 2.05) is 31.2 Å². The number of nitrogens with one attached hydrogen (secondary N) is 2. The van der Waals surface area contributed by atoms with E-state index < -0.39 is 0 Å². The highest BCUT2D eigenvalue weighted by molar-refractivity contribution is 5.85. The first kappa shape index (κ1) is 18.9. The fourth-order valence-electron chi connectivity index (χ4n) is 3.49. The first-order valence-electron chi connectivity index (χ1n) is 8.42. The second kappa shape index (κ2) is 8.08. The van der Waals surface area contributed by atoms with Crippen LogP contribution in [0, 0.1) is 11.3 Å². The Labute approximate surface area is 149 Å². The number of carbonyl (C=O) groups is 1. The number of rotatable bonds is 6. The molecule has 2 aliphatic rings. The largest absolute Gasteiger partial charge is 0.497 e. The summed E-state index contributed by atoms with van der Waals surface area (Å²) in [5, 5.41) is 6.41. The van der Waals surface area contributed by atoms with Gasteiger partial charge in [-0.1, -0.05) is 0 Å². The first-order chi connectivity index (χ1) is 11.1. The highest BCUT2D eigenvalue weighted by atomic mass is 35.5. The van der Waals surface area contributed by atoms with Crippen LogP contribution >= 0.6 is 12.4 Å². The van der Waals surface area contributed by atoms with E-state index in [1.165, 1.54) is 0 Å². The molecule has 1 aliphatic carbocycles. The van der Waals surface area contributed by atoms with Crippen LogP contribution < -0.4 is 20.1 Å². The van der Waals surface area contributed by atoms with Crippen molar-refractivity contribution in [2.45, 2.75) is 32.3 Å². The molecule has 1 spiro atoms. The Kier molecular flexibility index (Phi) is 6.35. The molecule has 0 aromatic heterocycles. The van der Waals surface area contributed by atoms with Crippen molar-refractivity contribution in [2.24, 2.45) is 11.3 Å². The second-order valence-corrected chi connectivity index (χ2v) is 6.72. The number of amides is 1. The van der Waals surface area contributed by atoms with Gasteiger partial charge in [-0.25, -0.2) is 0 Å². The van der Waals surface area contributed by atoms with Crippen molar-refractivity contribution in [3.05, 3.63) is 24.3 Å². The van der Waals surface area contributed by atoms with Crippen molar-refractivity contribution >= 4 is 18.3 Å². The van der Waals surface area contributed by atoms with Gasteiger partial charge in [0.2, 0.25) is 5.91 Å². The SMILES string of the molecule is COc1ccc(OC(C)CNC(=O)C2CC23CCNCC3)cc1.Cl. The van der Waals surface area contributed by atoms with E-state index in [0.29, 0.717) is 6.54 Å². The first-order valence-corrected chi connectivity index (χ1v) is 8.42. The van der Waals surface area contributed by atoms with Gasteiger partial charge in [0.25, 0.3) is 0 Å². The summed E-state index contributed by atoms with van der Waals surface area (Å²) in [5.74, 6) is 1.99. The van der Waals surface area contributed by atoms with E-state index in [2.05, 4.69) is 10.6 Å². The lowest BCUT2D eigenvalue weighted by Crippen LogP contribution is -2.37. The minimum absolute atomic E-state index is 0. The molecule has 1 aromatic rings. The van der Waals surface area contributed by atoms with Crippen molar-refractivity contribution in [1.29, 1.82) is 0 Å². The van der Waals surface area contributed by atoms with E-state index in [-0.39, 0.29) is 35.8 Å². The highest BCUT2D eigenvalue weighted by Gasteiger charge is 2.57. The van der Waals surface area contributed by atoms with Crippen LogP contribution in [-0.2, 0) is 4.79 Å². The maximum atomic E-state index is 12.3. The van der Waals surface area contributed by atoms with E-state index in [4.69, 9.17) is 9.47 Å². The Morgan fingerprint density at radius 3 is 2.54 bits per heavy atom. The lowest BCUT2D eigenvalue weighted by Gasteiger charge is -2.23.